The van der Waals surface area contributed by atoms with Crippen molar-refractivity contribution in [2.24, 2.45) is 11.3 Å². The molecule has 3 aliphatic heterocycles. The van der Waals surface area contributed by atoms with Crippen molar-refractivity contribution in [3.05, 3.63) is 35.9 Å². The van der Waals surface area contributed by atoms with E-state index in [1.807, 2.05) is 0 Å². The molecule has 0 radical (unpaired) electrons. The molecule has 3 aliphatic rings. The summed E-state index contributed by atoms with van der Waals surface area (Å²) in [6.07, 6.45) is 4.95. The number of carbonyl (C=O) groups is 1. The Bertz CT molecular complexity index is 634. The van der Waals surface area contributed by atoms with E-state index >= 15 is 0 Å². The average Bonchev–Trinajstić information content (AvgIpc) is 3.23. The Balaban J connectivity index is 1.47. The summed E-state index contributed by atoms with van der Waals surface area (Å²) in [5, 5.41) is 0. The SMILES string of the molecule is COCC(=O)N1CC2CN(C3CCSCC3)CC2(CCc2ccccc2)C1. The number of thioether (sulfide) groups is 1. The Morgan fingerprint density at radius 2 is 1.96 bits per heavy atom. The van der Waals surface area contributed by atoms with Crippen LogP contribution in [0.25, 0.3) is 0 Å². The maximum absolute atomic E-state index is 12.5. The van der Waals surface area contributed by atoms with Crippen LogP contribution in [-0.4, -0.2) is 73.2 Å². The number of carbonyl (C=O) groups excluding carboxylic acids is 1. The molecule has 4 rings (SSSR count). The molecule has 5 heteroatoms. The molecule has 0 aromatic heterocycles. The number of likely N-dealkylation sites (tertiary alicyclic amines) is 2. The van der Waals surface area contributed by atoms with Gasteiger partial charge in [-0.05, 0) is 48.7 Å². The lowest BCUT2D eigenvalue weighted by molar-refractivity contribution is -0.134. The highest BCUT2D eigenvalue weighted by Crippen LogP contribution is 2.47. The van der Waals surface area contributed by atoms with Crippen LogP contribution in [0.3, 0.4) is 0 Å². The number of nitrogens with zero attached hydrogens (tertiary/aromatic N) is 2. The number of aryl methyl sites for hydroxylation is 1. The molecule has 0 N–H and O–H groups in total. The lowest BCUT2D eigenvalue weighted by Crippen LogP contribution is -2.42. The molecule has 3 heterocycles. The third-order valence-electron chi connectivity index (χ3n) is 6.87. The number of rotatable bonds is 6. The van der Waals surface area contributed by atoms with E-state index in [9.17, 15) is 4.79 Å². The van der Waals surface area contributed by atoms with Crippen molar-refractivity contribution < 1.29 is 9.53 Å². The molecule has 0 bridgehead atoms. The van der Waals surface area contributed by atoms with Crippen LogP contribution in [0.5, 0.6) is 0 Å². The van der Waals surface area contributed by atoms with Crippen molar-refractivity contribution >= 4 is 17.7 Å². The van der Waals surface area contributed by atoms with E-state index in [2.05, 4.69) is 51.9 Å². The number of benzene rings is 1. The van der Waals surface area contributed by atoms with Gasteiger partial charge in [-0.3, -0.25) is 9.69 Å². The number of amides is 1. The maximum Gasteiger partial charge on any atom is 0.248 e. The van der Waals surface area contributed by atoms with Gasteiger partial charge in [-0.15, -0.1) is 0 Å². The van der Waals surface area contributed by atoms with Gasteiger partial charge in [-0.2, -0.15) is 11.8 Å². The lowest BCUT2D eigenvalue weighted by atomic mass is 9.76. The van der Waals surface area contributed by atoms with Crippen molar-refractivity contribution in [2.45, 2.75) is 31.7 Å². The molecule has 0 spiro atoms. The van der Waals surface area contributed by atoms with E-state index < -0.39 is 0 Å². The fourth-order valence-electron chi connectivity index (χ4n) is 5.35. The molecular weight excluding hydrogens is 356 g/mol. The summed E-state index contributed by atoms with van der Waals surface area (Å²) < 4.78 is 5.11. The molecule has 3 fully saturated rings. The van der Waals surface area contributed by atoms with Crippen LogP contribution in [0.4, 0.5) is 0 Å². The minimum Gasteiger partial charge on any atom is -0.375 e. The molecule has 0 aliphatic carbocycles. The first kappa shape index (κ1) is 19.3. The third-order valence-corrected chi connectivity index (χ3v) is 7.92. The molecule has 27 heavy (non-hydrogen) atoms. The van der Waals surface area contributed by atoms with Crippen molar-refractivity contribution in [2.75, 3.05) is 51.4 Å². The molecule has 3 saturated heterocycles. The quantitative estimate of drug-likeness (QED) is 0.750. The Morgan fingerprint density at radius 1 is 1.19 bits per heavy atom. The Morgan fingerprint density at radius 3 is 2.70 bits per heavy atom. The van der Waals surface area contributed by atoms with Crippen LogP contribution >= 0.6 is 11.8 Å². The summed E-state index contributed by atoms with van der Waals surface area (Å²) in [7, 11) is 1.61. The summed E-state index contributed by atoms with van der Waals surface area (Å²) in [5.74, 6) is 3.38. The number of hydrogen-bond donors (Lipinski definition) is 0. The van der Waals surface area contributed by atoms with E-state index in [0.29, 0.717) is 5.92 Å². The highest BCUT2D eigenvalue weighted by atomic mass is 32.2. The van der Waals surface area contributed by atoms with Crippen LogP contribution in [0, 0.1) is 11.3 Å². The fourth-order valence-corrected chi connectivity index (χ4v) is 6.43. The van der Waals surface area contributed by atoms with E-state index in [4.69, 9.17) is 4.74 Å². The minimum absolute atomic E-state index is 0.159. The predicted octanol–water partition coefficient (Wildman–Crippen LogP) is 2.92. The zero-order chi connectivity index (χ0) is 18.7. The second-order valence-electron chi connectivity index (χ2n) is 8.53. The highest BCUT2D eigenvalue weighted by Gasteiger charge is 2.53. The van der Waals surface area contributed by atoms with Gasteiger partial charge < -0.3 is 9.64 Å². The number of ether oxygens (including phenoxy) is 1. The van der Waals surface area contributed by atoms with Crippen molar-refractivity contribution in [1.29, 1.82) is 0 Å². The summed E-state index contributed by atoms with van der Waals surface area (Å²) in [4.78, 5) is 17.3. The molecule has 1 amide bonds. The first-order valence-electron chi connectivity index (χ1n) is 10.3. The van der Waals surface area contributed by atoms with Crippen molar-refractivity contribution in [3.63, 3.8) is 0 Å². The Hall–Kier alpha value is -1.04. The number of hydrogen-bond acceptors (Lipinski definition) is 4. The monoisotopic (exact) mass is 388 g/mol. The maximum atomic E-state index is 12.5. The zero-order valence-corrected chi connectivity index (χ0v) is 17.3. The van der Waals surface area contributed by atoms with Gasteiger partial charge in [0.2, 0.25) is 5.91 Å². The molecule has 2 atom stereocenters. The molecular formula is C22H32N2O2S. The van der Waals surface area contributed by atoms with Gasteiger partial charge in [0, 0.05) is 44.7 Å². The van der Waals surface area contributed by atoms with Crippen molar-refractivity contribution in [1.82, 2.24) is 9.80 Å². The lowest BCUT2D eigenvalue weighted by Gasteiger charge is -2.34. The smallest absolute Gasteiger partial charge is 0.248 e. The van der Waals surface area contributed by atoms with Gasteiger partial charge in [0.1, 0.15) is 6.61 Å². The normalized spacial score (nSPS) is 29.2. The summed E-state index contributed by atoms with van der Waals surface area (Å²) >= 11 is 2.10. The van der Waals surface area contributed by atoms with Crippen LogP contribution < -0.4 is 0 Å². The molecule has 148 valence electrons. The van der Waals surface area contributed by atoms with Gasteiger partial charge in [0.15, 0.2) is 0 Å². The number of methoxy groups -OCH3 is 1. The van der Waals surface area contributed by atoms with E-state index in [1.165, 1.54) is 42.9 Å². The van der Waals surface area contributed by atoms with Gasteiger partial charge in [-0.1, -0.05) is 30.3 Å². The minimum atomic E-state index is 0.159. The topological polar surface area (TPSA) is 32.8 Å². The second-order valence-corrected chi connectivity index (χ2v) is 9.75. The van der Waals surface area contributed by atoms with Gasteiger partial charge >= 0.3 is 0 Å². The summed E-state index contributed by atoms with van der Waals surface area (Å²) in [5.41, 5.74) is 1.67. The number of fused-ring (bicyclic) bond motifs is 1. The standard InChI is InChI=1S/C22H32N2O2S/c1-26-15-21(25)24-14-19-13-23(20-8-11-27-12-9-20)16-22(19,17-24)10-7-18-5-3-2-4-6-18/h2-6,19-20H,7-17H2,1H3. The largest absolute Gasteiger partial charge is 0.375 e. The van der Waals surface area contributed by atoms with Crippen LogP contribution in [-0.2, 0) is 16.0 Å². The van der Waals surface area contributed by atoms with E-state index in [0.717, 1.165) is 32.1 Å². The van der Waals surface area contributed by atoms with E-state index in [-0.39, 0.29) is 17.9 Å². The van der Waals surface area contributed by atoms with Gasteiger partial charge in [-0.25, -0.2) is 0 Å². The van der Waals surface area contributed by atoms with Crippen LogP contribution in [0.15, 0.2) is 30.3 Å². The van der Waals surface area contributed by atoms with Gasteiger partial charge in [0.25, 0.3) is 0 Å². The molecule has 4 nitrogen and oxygen atoms in total. The van der Waals surface area contributed by atoms with Crippen molar-refractivity contribution in [3.8, 4) is 0 Å². The molecule has 0 saturated carbocycles. The Kier molecular flexibility index (Phi) is 6.10. The van der Waals surface area contributed by atoms with Crippen LogP contribution in [0.1, 0.15) is 24.8 Å². The molecule has 1 aromatic rings. The highest BCUT2D eigenvalue weighted by molar-refractivity contribution is 7.99. The zero-order valence-electron chi connectivity index (χ0n) is 16.4. The third kappa shape index (κ3) is 4.20. The van der Waals surface area contributed by atoms with Crippen LogP contribution in [0.2, 0.25) is 0 Å². The summed E-state index contributed by atoms with van der Waals surface area (Å²) in [6, 6.07) is 11.6. The second kappa shape index (κ2) is 8.54. The Labute approximate surface area is 167 Å². The average molecular weight is 389 g/mol. The van der Waals surface area contributed by atoms with Gasteiger partial charge in [0.05, 0.1) is 0 Å². The molecule has 2 unspecified atom stereocenters. The predicted molar refractivity (Wildman–Crippen MR) is 111 cm³/mol. The summed E-state index contributed by atoms with van der Waals surface area (Å²) in [6.45, 7) is 4.36. The first-order valence-corrected chi connectivity index (χ1v) is 11.5. The van der Waals surface area contributed by atoms with E-state index in [1.54, 1.807) is 7.11 Å². The fraction of sp³-hybridized carbons (Fsp3) is 0.682. The molecule has 1 aromatic carbocycles. The first-order chi connectivity index (χ1) is 13.2.